The first kappa shape index (κ1) is 34.2. The van der Waals surface area contributed by atoms with Gasteiger partial charge in [0.25, 0.3) is 0 Å². The Bertz CT molecular complexity index is 834. The first-order chi connectivity index (χ1) is 18.2. The average Bonchev–Trinajstić information content (AvgIpc) is 2.87. The van der Waals surface area contributed by atoms with Crippen molar-refractivity contribution in [3.8, 4) is 0 Å². The molecule has 1 fully saturated rings. The summed E-state index contributed by atoms with van der Waals surface area (Å²) < 4.78 is 0. The number of carbonyl (C=O) groups is 1. The number of likely N-dealkylation sites (N-methyl/N-ethyl adjacent to an activating group) is 1. The topological polar surface area (TPSA) is 23.6 Å². The maximum atomic E-state index is 13.1. The molecule has 0 bridgehead atoms. The van der Waals surface area contributed by atoms with Crippen LogP contribution in [-0.2, 0) is 4.79 Å². The molecule has 1 unspecified atom stereocenters. The molecule has 3 nitrogen and oxygen atoms in total. The van der Waals surface area contributed by atoms with Crippen LogP contribution in [0.4, 0.5) is 0 Å². The van der Waals surface area contributed by atoms with E-state index in [4.69, 9.17) is 0 Å². The molecule has 0 aliphatic carbocycles. The van der Waals surface area contributed by atoms with E-state index in [-0.39, 0.29) is 5.91 Å². The molecule has 0 aromatic carbocycles. The van der Waals surface area contributed by atoms with Crippen LogP contribution in [0.25, 0.3) is 0 Å². The molecule has 1 atom stereocenters. The predicted octanol–water partition coefficient (Wildman–Crippen LogP) is 9.58. The highest BCUT2D eigenvalue weighted by molar-refractivity contribution is 5.88. The zero-order valence-electron chi connectivity index (χ0n) is 26.4. The van der Waals surface area contributed by atoms with Crippen LogP contribution in [0.1, 0.15) is 126 Å². The number of amides is 1. The van der Waals surface area contributed by atoms with Gasteiger partial charge in [-0.3, -0.25) is 4.79 Å². The van der Waals surface area contributed by atoms with E-state index in [1.54, 1.807) is 0 Å². The van der Waals surface area contributed by atoms with Gasteiger partial charge in [0.15, 0.2) is 0 Å². The van der Waals surface area contributed by atoms with Crippen LogP contribution in [0.3, 0.4) is 0 Å². The lowest BCUT2D eigenvalue weighted by Crippen LogP contribution is -2.49. The normalized spacial score (nSPS) is 17.8. The summed E-state index contributed by atoms with van der Waals surface area (Å²) in [6.45, 7) is 21.7. The highest BCUT2D eigenvalue weighted by Gasteiger charge is 2.26. The van der Waals surface area contributed by atoms with E-state index in [1.165, 1.54) is 40.7 Å². The van der Waals surface area contributed by atoms with Crippen molar-refractivity contribution in [2.75, 3.05) is 26.2 Å². The van der Waals surface area contributed by atoms with Gasteiger partial charge < -0.3 is 9.80 Å². The lowest BCUT2D eigenvalue weighted by molar-refractivity contribution is -0.130. The zero-order valence-corrected chi connectivity index (χ0v) is 26.4. The van der Waals surface area contributed by atoms with Crippen molar-refractivity contribution in [3.63, 3.8) is 0 Å². The quantitative estimate of drug-likeness (QED) is 0.140. The van der Waals surface area contributed by atoms with Gasteiger partial charge in [-0.1, -0.05) is 66.0 Å². The maximum Gasteiger partial charge on any atom is 0.246 e. The SMILES string of the molecule is CCN(CC)CC1CCCCN1C(=O)C=C(C)CCC=C(C)CCC=C(C)CCC=C(C)CCC=C(C)C. The second-order valence-corrected chi connectivity index (χ2v) is 11.7. The Labute approximate surface area is 236 Å². The van der Waals surface area contributed by atoms with Gasteiger partial charge >= 0.3 is 0 Å². The molecule has 0 aromatic heterocycles. The number of likely N-dealkylation sites (tertiary alicyclic amines) is 1. The number of piperidine rings is 1. The number of rotatable bonds is 17. The number of hydrogen-bond donors (Lipinski definition) is 0. The van der Waals surface area contributed by atoms with Crippen LogP contribution in [0.15, 0.2) is 58.2 Å². The third-order valence-electron chi connectivity index (χ3n) is 7.83. The lowest BCUT2D eigenvalue weighted by Gasteiger charge is -2.38. The van der Waals surface area contributed by atoms with Crippen LogP contribution in [0.2, 0.25) is 0 Å². The molecule has 1 amide bonds. The molecule has 0 aromatic rings. The van der Waals surface area contributed by atoms with Crippen molar-refractivity contribution in [1.29, 1.82) is 0 Å². The molecule has 1 rings (SSSR count). The Kier molecular flexibility index (Phi) is 18.1. The van der Waals surface area contributed by atoms with Crippen molar-refractivity contribution in [3.05, 3.63) is 58.2 Å². The molecule has 0 radical (unpaired) electrons. The number of allylic oxidation sites excluding steroid dienone is 9. The fourth-order valence-corrected chi connectivity index (χ4v) is 5.16. The van der Waals surface area contributed by atoms with Crippen LogP contribution in [-0.4, -0.2) is 47.9 Å². The van der Waals surface area contributed by atoms with Gasteiger partial charge in [-0.15, -0.1) is 0 Å². The Morgan fingerprint density at radius 1 is 0.711 bits per heavy atom. The third-order valence-corrected chi connectivity index (χ3v) is 7.83. The van der Waals surface area contributed by atoms with E-state index in [1.807, 2.05) is 6.08 Å². The first-order valence-corrected chi connectivity index (χ1v) is 15.5. The van der Waals surface area contributed by atoms with E-state index < -0.39 is 0 Å². The van der Waals surface area contributed by atoms with Crippen LogP contribution < -0.4 is 0 Å². The molecule has 216 valence electrons. The summed E-state index contributed by atoms with van der Waals surface area (Å²) in [6, 6.07) is 0.367. The minimum absolute atomic E-state index is 0.221. The average molecular weight is 525 g/mol. The minimum Gasteiger partial charge on any atom is -0.335 e. The Morgan fingerprint density at radius 2 is 1.18 bits per heavy atom. The smallest absolute Gasteiger partial charge is 0.246 e. The summed E-state index contributed by atoms with van der Waals surface area (Å²) in [5, 5.41) is 0. The largest absolute Gasteiger partial charge is 0.335 e. The zero-order chi connectivity index (χ0) is 28.3. The number of nitrogens with zero attached hydrogens (tertiary/aromatic N) is 2. The van der Waals surface area contributed by atoms with Crippen LogP contribution >= 0.6 is 0 Å². The van der Waals surface area contributed by atoms with Gasteiger partial charge in [0.2, 0.25) is 5.91 Å². The molecule has 1 saturated heterocycles. The van der Waals surface area contributed by atoms with Crippen LogP contribution in [0.5, 0.6) is 0 Å². The van der Waals surface area contributed by atoms with E-state index in [0.29, 0.717) is 6.04 Å². The van der Waals surface area contributed by atoms with E-state index in [2.05, 4.69) is 89.5 Å². The van der Waals surface area contributed by atoms with Crippen molar-refractivity contribution in [2.45, 2.75) is 132 Å². The summed E-state index contributed by atoms with van der Waals surface area (Å²) in [5.74, 6) is 0.221. The van der Waals surface area contributed by atoms with Crippen molar-refractivity contribution in [1.82, 2.24) is 9.80 Å². The third kappa shape index (κ3) is 15.5. The van der Waals surface area contributed by atoms with Gasteiger partial charge in [0, 0.05) is 25.2 Å². The first-order valence-electron chi connectivity index (χ1n) is 15.5. The second kappa shape index (κ2) is 20.1. The van der Waals surface area contributed by atoms with Crippen LogP contribution in [0, 0.1) is 0 Å². The molecular weight excluding hydrogens is 464 g/mol. The molecular formula is C35H60N2O. The van der Waals surface area contributed by atoms with E-state index >= 15 is 0 Å². The predicted molar refractivity (Wildman–Crippen MR) is 169 cm³/mol. The fourth-order valence-electron chi connectivity index (χ4n) is 5.16. The summed E-state index contributed by atoms with van der Waals surface area (Å²) in [6.07, 6.45) is 23.8. The summed E-state index contributed by atoms with van der Waals surface area (Å²) in [7, 11) is 0. The van der Waals surface area contributed by atoms with Gasteiger partial charge in [-0.25, -0.2) is 0 Å². The fraction of sp³-hybridized carbons (Fsp3) is 0.686. The van der Waals surface area contributed by atoms with E-state index in [0.717, 1.165) is 84.0 Å². The van der Waals surface area contributed by atoms with Gasteiger partial charge in [-0.2, -0.15) is 0 Å². The Morgan fingerprint density at radius 3 is 1.66 bits per heavy atom. The number of hydrogen-bond acceptors (Lipinski definition) is 2. The highest BCUT2D eigenvalue weighted by Crippen LogP contribution is 2.20. The molecule has 0 spiro atoms. The summed E-state index contributed by atoms with van der Waals surface area (Å²) in [4.78, 5) is 17.7. The van der Waals surface area contributed by atoms with Crippen molar-refractivity contribution < 1.29 is 4.79 Å². The second-order valence-electron chi connectivity index (χ2n) is 11.7. The Hall–Kier alpha value is -1.87. The molecule has 1 aliphatic heterocycles. The van der Waals surface area contributed by atoms with Crippen molar-refractivity contribution >= 4 is 5.91 Å². The molecule has 38 heavy (non-hydrogen) atoms. The molecule has 3 heteroatoms. The summed E-state index contributed by atoms with van der Waals surface area (Å²) >= 11 is 0. The van der Waals surface area contributed by atoms with E-state index in [9.17, 15) is 4.79 Å². The Balaban J connectivity index is 2.41. The van der Waals surface area contributed by atoms with Crippen molar-refractivity contribution in [2.24, 2.45) is 0 Å². The molecule has 0 N–H and O–H groups in total. The van der Waals surface area contributed by atoms with Gasteiger partial charge in [-0.05, 0) is 125 Å². The van der Waals surface area contributed by atoms with Gasteiger partial charge in [0.1, 0.15) is 0 Å². The number of carbonyl (C=O) groups excluding carboxylic acids is 1. The molecule has 1 aliphatic rings. The molecule has 1 heterocycles. The maximum absolute atomic E-state index is 13.1. The standard InChI is InChI=1S/C35H60N2O/c1-9-36(10-2)28-34-25-11-12-26-37(34)35(38)27-33(8)24-16-23-32(7)22-15-21-31(6)20-14-19-30(5)18-13-17-29(3)4/h17,19,21,23,27,34H,9-16,18,20,22,24-26,28H2,1-8H3. The molecule has 0 saturated carbocycles. The van der Waals surface area contributed by atoms with Gasteiger partial charge in [0.05, 0.1) is 0 Å². The highest BCUT2D eigenvalue weighted by atomic mass is 16.2. The lowest BCUT2D eigenvalue weighted by atomic mass is 10.0. The summed E-state index contributed by atoms with van der Waals surface area (Å²) in [5.41, 5.74) is 7.08. The monoisotopic (exact) mass is 524 g/mol. The minimum atomic E-state index is 0.221.